The largest absolute Gasteiger partial charge is 0.382 e. The molecule has 1 aliphatic rings. The Balaban J connectivity index is 1.39. The lowest BCUT2D eigenvalue weighted by Gasteiger charge is -2.36. The van der Waals surface area contributed by atoms with E-state index in [0.29, 0.717) is 30.1 Å². The Hall–Kier alpha value is -2.47. The minimum absolute atomic E-state index is 0.293. The average molecular weight is 295 g/mol. The fourth-order valence-electron chi connectivity index (χ4n) is 2.83. The van der Waals surface area contributed by atoms with E-state index in [2.05, 4.69) is 31.7 Å². The number of aromatic nitrogens is 4. The van der Waals surface area contributed by atoms with Gasteiger partial charge < -0.3 is 15.0 Å². The van der Waals surface area contributed by atoms with Crippen LogP contribution >= 0.6 is 0 Å². The molecule has 0 radical (unpaired) electrons. The van der Waals surface area contributed by atoms with Gasteiger partial charge in [0.05, 0.1) is 19.0 Å². The van der Waals surface area contributed by atoms with Gasteiger partial charge >= 0.3 is 0 Å². The van der Waals surface area contributed by atoms with Crippen molar-refractivity contribution in [3.05, 3.63) is 48.5 Å². The minimum Gasteiger partial charge on any atom is -0.382 e. The molecular formula is C16H17N5O. The van der Waals surface area contributed by atoms with E-state index >= 15 is 0 Å². The average Bonchev–Trinajstić information content (AvgIpc) is 2.92. The molecule has 2 heterocycles. The molecule has 112 valence electrons. The van der Waals surface area contributed by atoms with Gasteiger partial charge in [0.1, 0.15) is 11.8 Å². The zero-order valence-corrected chi connectivity index (χ0v) is 12.1. The maximum absolute atomic E-state index is 5.94. The molecule has 6 nitrogen and oxygen atoms in total. The highest BCUT2D eigenvalue weighted by Crippen LogP contribution is 2.36. The van der Waals surface area contributed by atoms with E-state index in [0.717, 1.165) is 18.5 Å². The Morgan fingerprint density at radius 2 is 1.95 bits per heavy atom. The minimum atomic E-state index is 0.293. The van der Waals surface area contributed by atoms with Gasteiger partial charge in [-0.15, -0.1) is 0 Å². The molecule has 2 N–H and O–H groups in total. The Labute approximate surface area is 128 Å². The summed E-state index contributed by atoms with van der Waals surface area (Å²) in [6.45, 7) is 0.665. The fourth-order valence-corrected chi connectivity index (χ4v) is 2.83. The summed E-state index contributed by atoms with van der Waals surface area (Å²) in [5.74, 6) is 0.431. The summed E-state index contributed by atoms with van der Waals surface area (Å²) in [5, 5.41) is 0. The fraction of sp³-hybridized carbons (Fsp3) is 0.312. The summed E-state index contributed by atoms with van der Waals surface area (Å²) in [4.78, 5) is 12.6. The van der Waals surface area contributed by atoms with E-state index in [-0.39, 0.29) is 0 Å². The van der Waals surface area contributed by atoms with Gasteiger partial charge in [-0.2, -0.15) is 0 Å². The van der Waals surface area contributed by atoms with Crippen molar-refractivity contribution in [2.45, 2.75) is 31.6 Å². The zero-order valence-electron chi connectivity index (χ0n) is 12.1. The van der Waals surface area contributed by atoms with Crippen molar-refractivity contribution < 1.29 is 4.74 Å². The van der Waals surface area contributed by atoms with Crippen LogP contribution in [0.2, 0.25) is 0 Å². The maximum Gasteiger partial charge on any atom is 0.165 e. The van der Waals surface area contributed by atoms with Gasteiger partial charge in [0, 0.05) is 6.04 Å². The van der Waals surface area contributed by atoms with Crippen LogP contribution in [-0.4, -0.2) is 25.6 Å². The van der Waals surface area contributed by atoms with Crippen LogP contribution in [0.25, 0.3) is 11.2 Å². The summed E-state index contributed by atoms with van der Waals surface area (Å²) in [5.41, 5.74) is 8.51. The third-order valence-electron chi connectivity index (χ3n) is 4.18. The first-order valence-electron chi connectivity index (χ1n) is 7.40. The second kappa shape index (κ2) is 5.38. The third-order valence-corrected chi connectivity index (χ3v) is 4.18. The first-order valence-corrected chi connectivity index (χ1v) is 7.40. The van der Waals surface area contributed by atoms with Crippen LogP contribution in [0, 0.1) is 0 Å². The van der Waals surface area contributed by atoms with Crippen molar-refractivity contribution in [1.82, 2.24) is 19.5 Å². The maximum atomic E-state index is 5.94. The van der Waals surface area contributed by atoms with Crippen LogP contribution < -0.4 is 5.73 Å². The first kappa shape index (κ1) is 13.2. The van der Waals surface area contributed by atoms with Crippen molar-refractivity contribution in [2.75, 3.05) is 5.73 Å². The number of anilines is 1. The number of nitrogens with two attached hydrogens (primary N) is 1. The molecule has 3 aromatic rings. The van der Waals surface area contributed by atoms with Crippen molar-refractivity contribution in [3.63, 3.8) is 0 Å². The highest BCUT2D eigenvalue weighted by Gasteiger charge is 2.32. The Bertz CT molecular complexity index is 780. The molecule has 1 saturated carbocycles. The van der Waals surface area contributed by atoms with Gasteiger partial charge in [0.15, 0.2) is 11.5 Å². The predicted molar refractivity (Wildman–Crippen MR) is 83.0 cm³/mol. The number of hydrogen-bond acceptors (Lipinski definition) is 5. The third kappa shape index (κ3) is 2.31. The summed E-state index contributed by atoms with van der Waals surface area (Å²) < 4.78 is 8.02. The predicted octanol–water partition coefficient (Wildman–Crippen LogP) is 2.33. The van der Waals surface area contributed by atoms with Crippen molar-refractivity contribution in [3.8, 4) is 0 Å². The monoisotopic (exact) mass is 295 g/mol. The summed E-state index contributed by atoms with van der Waals surface area (Å²) in [6.07, 6.45) is 5.53. The molecule has 1 aromatic carbocycles. The molecule has 1 aliphatic carbocycles. The van der Waals surface area contributed by atoms with Crippen molar-refractivity contribution in [2.24, 2.45) is 0 Å². The van der Waals surface area contributed by atoms with Crippen LogP contribution in [-0.2, 0) is 11.3 Å². The standard InChI is InChI=1S/C16H17N5O/c17-15-14-16(19-9-18-15)21(10-20-14)12-6-13(7-12)22-8-11-4-2-1-3-5-11/h1-5,9-10,12-13H,6-8H2,(H2,17,18,19)/t12-,13+. The molecule has 0 saturated heterocycles. The van der Waals surface area contributed by atoms with Crippen LogP contribution in [0.4, 0.5) is 5.82 Å². The van der Waals surface area contributed by atoms with E-state index in [1.54, 1.807) is 6.33 Å². The Kier molecular flexibility index (Phi) is 3.23. The lowest BCUT2D eigenvalue weighted by atomic mass is 9.89. The smallest absolute Gasteiger partial charge is 0.165 e. The lowest BCUT2D eigenvalue weighted by Crippen LogP contribution is -2.33. The zero-order chi connectivity index (χ0) is 14.9. The molecule has 2 aromatic heterocycles. The summed E-state index contributed by atoms with van der Waals surface area (Å²) >= 11 is 0. The van der Waals surface area contributed by atoms with Crippen LogP contribution in [0.3, 0.4) is 0 Å². The normalized spacial score (nSPS) is 20.9. The molecule has 0 aliphatic heterocycles. The van der Waals surface area contributed by atoms with Gasteiger partial charge in [-0.3, -0.25) is 0 Å². The number of ether oxygens (including phenoxy) is 1. The number of nitrogens with zero attached hydrogens (tertiary/aromatic N) is 4. The second-order valence-electron chi connectivity index (χ2n) is 5.63. The molecule has 0 amide bonds. The molecule has 0 atom stereocenters. The number of nitrogen functional groups attached to an aromatic ring is 1. The topological polar surface area (TPSA) is 78.9 Å². The molecular weight excluding hydrogens is 278 g/mol. The number of imidazole rings is 1. The quantitative estimate of drug-likeness (QED) is 0.799. The highest BCUT2D eigenvalue weighted by atomic mass is 16.5. The van der Waals surface area contributed by atoms with Crippen LogP contribution in [0.15, 0.2) is 43.0 Å². The van der Waals surface area contributed by atoms with Crippen LogP contribution in [0.1, 0.15) is 24.4 Å². The summed E-state index contributed by atoms with van der Waals surface area (Å²) in [6, 6.07) is 10.6. The van der Waals surface area contributed by atoms with Crippen molar-refractivity contribution >= 4 is 17.0 Å². The van der Waals surface area contributed by atoms with Gasteiger partial charge in [-0.1, -0.05) is 30.3 Å². The molecule has 4 rings (SSSR count). The van der Waals surface area contributed by atoms with Crippen molar-refractivity contribution in [1.29, 1.82) is 0 Å². The van der Waals surface area contributed by atoms with E-state index in [9.17, 15) is 0 Å². The Morgan fingerprint density at radius 1 is 1.14 bits per heavy atom. The molecule has 0 unspecified atom stereocenters. The molecule has 22 heavy (non-hydrogen) atoms. The Morgan fingerprint density at radius 3 is 2.77 bits per heavy atom. The molecule has 6 heteroatoms. The molecule has 1 fully saturated rings. The van der Waals surface area contributed by atoms with E-state index in [4.69, 9.17) is 10.5 Å². The van der Waals surface area contributed by atoms with E-state index in [1.807, 2.05) is 18.2 Å². The molecule has 0 bridgehead atoms. The highest BCUT2D eigenvalue weighted by molar-refractivity contribution is 5.81. The lowest BCUT2D eigenvalue weighted by molar-refractivity contribution is -0.0349. The number of fused-ring (bicyclic) bond motifs is 1. The number of rotatable bonds is 4. The second-order valence-corrected chi connectivity index (χ2v) is 5.63. The summed E-state index contributed by atoms with van der Waals surface area (Å²) in [7, 11) is 0. The van der Waals surface area contributed by atoms with E-state index < -0.39 is 0 Å². The first-order chi connectivity index (χ1) is 10.8. The van der Waals surface area contributed by atoms with Gasteiger partial charge in [0.25, 0.3) is 0 Å². The van der Waals surface area contributed by atoms with Gasteiger partial charge in [-0.05, 0) is 18.4 Å². The van der Waals surface area contributed by atoms with Gasteiger partial charge in [0.2, 0.25) is 0 Å². The number of hydrogen-bond donors (Lipinski definition) is 1. The molecule has 0 spiro atoms. The van der Waals surface area contributed by atoms with E-state index in [1.165, 1.54) is 11.9 Å². The SMILES string of the molecule is Nc1ncnc2c1ncn2[C@H]1C[C@@H](OCc2ccccc2)C1. The van der Waals surface area contributed by atoms with Gasteiger partial charge in [-0.25, -0.2) is 15.0 Å². The number of benzene rings is 1. The van der Waals surface area contributed by atoms with Crippen LogP contribution in [0.5, 0.6) is 0 Å².